The molecule has 29 heavy (non-hydrogen) atoms. The maximum Gasteiger partial charge on any atom is 0.345 e. The number of nitrogens with zero attached hydrogens (tertiary/aromatic N) is 1. The summed E-state index contributed by atoms with van der Waals surface area (Å²) in [6.07, 6.45) is 1.35. The molecule has 0 aliphatic heterocycles. The normalized spacial score (nSPS) is 10.7. The molecule has 0 bridgehead atoms. The van der Waals surface area contributed by atoms with Crippen molar-refractivity contribution in [2.45, 2.75) is 6.92 Å². The minimum Gasteiger partial charge on any atom is -0.422 e. The SMILES string of the molecule is Cc1ccc(C(=O)N/N=C/c2cc(Cl)ccc2OC(=O)c2ccccc2Cl)cc1. The zero-order valence-electron chi connectivity index (χ0n) is 15.4. The third-order valence-corrected chi connectivity index (χ3v) is 4.52. The lowest BCUT2D eigenvalue weighted by molar-refractivity contribution is 0.0734. The number of ether oxygens (including phenoxy) is 1. The molecule has 3 aromatic carbocycles. The molecule has 0 unspecified atom stereocenters. The second kappa shape index (κ2) is 9.37. The summed E-state index contributed by atoms with van der Waals surface area (Å²) >= 11 is 12.1. The van der Waals surface area contributed by atoms with Crippen LogP contribution < -0.4 is 10.2 Å². The average molecular weight is 427 g/mol. The summed E-state index contributed by atoms with van der Waals surface area (Å²) in [5, 5.41) is 4.65. The fourth-order valence-corrected chi connectivity index (χ4v) is 2.82. The molecule has 0 aliphatic rings. The molecule has 0 fully saturated rings. The van der Waals surface area contributed by atoms with Crippen molar-refractivity contribution in [2.75, 3.05) is 0 Å². The van der Waals surface area contributed by atoms with E-state index in [2.05, 4.69) is 10.5 Å². The van der Waals surface area contributed by atoms with Gasteiger partial charge in [-0.05, 0) is 49.4 Å². The lowest BCUT2D eigenvalue weighted by Crippen LogP contribution is -2.17. The van der Waals surface area contributed by atoms with E-state index in [1.54, 1.807) is 54.6 Å². The Balaban J connectivity index is 1.75. The molecule has 7 heteroatoms. The molecule has 0 saturated carbocycles. The molecular weight excluding hydrogens is 411 g/mol. The number of hydrogen-bond donors (Lipinski definition) is 1. The van der Waals surface area contributed by atoms with Crippen molar-refractivity contribution in [1.82, 2.24) is 5.43 Å². The quantitative estimate of drug-likeness (QED) is 0.261. The standard InChI is InChI=1S/C22H16Cl2N2O3/c1-14-6-8-15(9-7-14)21(27)26-25-13-16-12-17(23)10-11-20(16)29-22(28)18-4-2-3-5-19(18)24/h2-13H,1H3,(H,26,27)/b25-13+. The fourth-order valence-electron chi connectivity index (χ4n) is 2.42. The summed E-state index contributed by atoms with van der Waals surface area (Å²) in [5.41, 5.74) is 4.61. The van der Waals surface area contributed by atoms with Crippen molar-refractivity contribution >= 4 is 41.3 Å². The molecule has 0 radical (unpaired) electrons. The summed E-state index contributed by atoms with van der Waals surface area (Å²) in [7, 11) is 0. The summed E-state index contributed by atoms with van der Waals surface area (Å²) < 4.78 is 5.44. The third kappa shape index (κ3) is 5.44. The van der Waals surface area contributed by atoms with Crippen LogP contribution in [0.3, 0.4) is 0 Å². The van der Waals surface area contributed by atoms with E-state index in [-0.39, 0.29) is 22.2 Å². The average Bonchev–Trinajstić information content (AvgIpc) is 2.70. The van der Waals surface area contributed by atoms with Crippen LogP contribution in [-0.4, -0.2) is 18.1 Å². The van der Waals surface area contributed by atoms with Crippen molar-refractivity contribution in [3.05, 3.63) is 99.0 Å². The summed E-state index contributed by atoms with van der Waals surface area (Å²) in [5.74, 6) is -0.748. The van der Waals surface area contributed by atoms with Gasteiger partial charge in [-0.15, -0.1) is 0 Å². The van der Waals surface area contributed by atoms with Gasteiger partial charge in [0, 0.05) is 16.1 Å². The molecule has 146 valence electrons. The Morgan fingerprint density at radius 2 is 1.72 bits per heavy atom. The molecule has 0 spiro atoms. The lowest BCUT2D eigenvalue weighted by Gasteiger charge is -2.09. The van der Waals surface area contributed by atoms with E-state index in [9.17, 15) is 9.59 Å². The highest BCUT2D eigenvalue weighted by molar-refractivity contribution is 6.33. The van der Waals surface area contributed by atoms with Crippen LogP contribution in [0.5, 0.6) is 5.75 Å². The number of hydrazone groups is 1. The van der Waals surface area contributed by atoms with Crippen molar-refractivity contribution < 1.29 is 14.3 Å². The van der Waals surface area contributed by atoms with E-state index in [0.29, 0.717) is 16.1 Å². The van der Waals surface area contributed by atoms with Gasteiger partial charge in [0.25, 0.3) is 5.91 Å². The van der Waals surface area contributed by atoms with Crippen LogP contribution in [0.1, 0.15) is 31.8 Å². The van der Waals surface area contributed by atoms with E-state index in [1.165, 1.54) is 6.21 Å². The zero-order valence-corrected chi connectivity index (χ0v) is 16.9. The number of hydrogen-bond acceptors (Lipinski definition) is 4. The predicted molar refractivity (Wildman–Crippen MR) is 114 cm³/mol. The number of aryl methyl sites for hydroxylation is 1. The van der Waals surface area contributed by atoms with E-state index in [1.807, 2.05) is 19.1 Å². The highest BCUT2D eigenvalue weighted by atomic mass is 35.5. The van der Waals surface area contributed by atoms with Crippen LogP contribution in [0.25, 0.3) is 0 Å². The van der Waals surface area contributed by atoms with Gasteiger partial charge in [-0.25, -0.2) is 10.2 Å². The topological polar surface area (TPSA) is 67.8 Å². The summed E-state index contributed by atoms with van der Waals surface area (Å²) in [6.45, 7) is 1.93. The summed E-state index contributed by atoms with van der Waals surface area (Å²) in [4.78, 5) is 24.6. The number of halogens is 2. The van der Waals surface area contributed by atoms with E-state index in [0.717, 1.165) is 5.56 Å². The van der Waals surface area contributed by atoms with Gasteiger partial charge in [-0.2, -0.15) is 5.10 Å². The number of carbonyl (C=O) groups is 2. The van der Waals surface area contributed by atoms with Gasteiger partial charge in [-0.3, -0.25) is 4.79 Å². The molecule has 0 heterocycles. The van der Waals surface area contributed by atoms with Gasteiger partial charge in [0.05, 0.1) is 16.8 Å². The second-order valence-electron chi connectivity index (χ2n) is 6.12. The fraction of sp³-hybridized carbons (Fsp3) is 0.0455. The van der Waals surface area contributed by atoms with Crippen LogP contribution >= 0.6 is 23.2 Å². The maximum absolute atomic E-state index is 12.4. The molecule has 0 aromatic heterocycles. The molecule has 5 nitrogen and oxygen atoms in total. The minimum atomic E-state index is -0.615. The van der Waals surface area contributed by atoms with Gasteiger partial charge < -0.3 is 4.74 Å². The van der Waals surface area contributed by atoms with Crippen LogP contribution in [0.2, 0.25) is 10.0 Å². The summed E-state index contributed by atoms with van der Waals surface area (Å²) in [6, 6.07) is 18.3. The Bertz CT molecular complexity index is 1080. The van der Waals surface area contributed by atoms with E-state index >= 15 is 0 Å². The first-order chi connectivity index (χ1) is 13.9. The molecule has 0 atom stereocenters. The van der Waals surface area contributed by atoms with Crippen molar-refractivity contribution in [3.63, 3.8) is 0 Å². The molecule has 1 amide bonds. The van der Waals surface area contributed by atoms with Gasteiger partial charge in [0.15, 0.2) is 0 Å². The number of esters is 1. The van der Waals surface area contributed by atoms with Gasteiger partial charge in [0.1, 0.15) is 5.75 Å². The first-order valence-corrected chi connectivity index (χ1v) is 9.36. The minimum absolute atomic E-state index is 0.229. The number of nitrogens with one attached hydrogen (secondary N) is 1. The van der Waals surface area contributed by atoms with E-state index in [4.69, 9.17) is 27.9 Å². The Morgan fingerprint density at radius 1 is 1.00 bits per heavy atom. The molecular formula is C22H16Cl2N2O3. The Kier molecular flexibility index (Phi) is 6.65. The third-order valence-electron chi connectivity index (χ3n) is 3.95. The number of rotatable bonds is 5. The van der Waals surface area contributed by atoms with Crippen molar-refractivity contribution in [1.29, 1.82) is 0 Å². The van der Waals surface area contributed by atoms with Gasteiger partial charge in [-0.1, -0.05) is 53.0 Å². The predicted octanol–water partition coefficient (Wildman–Crippen LogP) is 5.28. The first kappa shape index (κ1) is 20.6. The smallest absolute Gasteiger partial charge is 0.345 e. The lowest BCUT2D eigenvalue weighted by atomic mass is 10.1. The van der Waals surface area contributed by atoms with Crippen LogP contribution in [0.15, 0.2) is 71.8 Å². The van der Waals surface area contributed by atoms with Crippen molar-refractivity contribution in [3.8, 4) is 5.75 Å². The largest absolute Gasteiger partial charge is 0.422 e. The molecule has 3 aromatic rings. The molecule has 3 rings (SSSR count). The molecule has 0 saturated heterocycles. The maximum atomic E-state index is 12.4. The Labute approximate surface area is 177 Å². The monoisotopic (exact) mass is 426 g/mol. The van der Waals surface area contributed by atoms with Crippen LogP contribution in [0.4, 0.5) is 0 Å². The Hall–Kier alpha value is -3.15. The van der Waals surface area contributed by atoms with Crippen LogP contribution in [0, 0.1) is 6.92 Å². The number of benzene rings is 3. The second-order valence-corrected chi connectivity index (χ2v) is 6.96. The van der Waals surface area contributed by atoms with Crippen molar-refractivity contribution in [2.24, 2.45) is 5.10 Å². The van der Waals surface area contributed by atoms with E-state index < -0.39 is 5.97 Å². The number of carbonyl (C=O) groups excluding carboxylic acids is 2. The van der Waals surface area contributed by atoms with Gasteiger partial charge >= 0.3 is 5.97 Å². The molecule has 0 aliphatic carbocycles. The number of amides is 1. The highest BCUT2D eigenvalue weighted by Crippen LogP contribution is 2.24. The van der Waals surface area contributed by atoms with Gasteiger partial charge in [0.2, 0.25) is 0 Å². The first-order valence-electron chi connectivity index (χ1n) is 8.60. The zero-order chi connectivity index (χ0) is 20.8. The molecule has 1 N–H and O–H groups in total. The highest BCUT2D eigenvalue weighted by Gasteiger charge is 2.14. The Morgan fingerprint density at radius 3 is 2.45 bits per heavy atom. The van der Waals surface area contributed by atoms with Crippen LogP contribution in [-0.2, 0) is 0 Å².